The molecule has 1 amide bonds. The number of aromatic nitrogens is 4. The van der Waals surface area contributed by atoms with E-state index in [9.17, 15) is 4.79 Å². The minimum atomic E-state index is -0.270. The van der Waals surface area contributed by atoms with Gasteiger partial charge in [-0.15, -0.1) is 0 Å². The van der Waals surface area contributed by atoms with Crippen LogP contribution in [0.4, 0.5) is 17.5 Å². The maximum atomic E-state index is 12.1. The van der Waals surface area contributed by atoms with Crippen LogP contribution < -0.4 is 16.0 Å². The van der Waals surface area contributed by atoms with Crippen molar-refractivity contribution in [2.45, 2.75) is 0 Å². The Hall–Kier alpha value is -3.07. The molecule has 0 bridgehead atoms. The Morgan fingerprint density at radius 3 is 2.42 bits per heavy atom. The van der Waals surface area contributed by atoms with E-state index in [0.29, 0.717) is 34.9 Å². The molecule has 0 atom stereocenters. The van der Waals surface area contributed by atoms with Crippen LogP contribution in [0.5, 0.6) is 0 Å². The molecule has 132 valence electrons. The molecule has 3 N–H and O–H groups in total. The quantitative estimate of drug-likeness (QED) is 0.403. The number of nitrogens with one attached hydrogen (secondary N) is 3. The molecular formula is C17H16BrN7O. The van der Waals surface area contributed by atoms with Crippen molar-refractivity contribution >= 4 is 39.3 Å². The number of rotatable bonds is 7. The van der Waals surface area contributed by atoms with Crippen LogP contribution in [0.25, 0.3) is 0 Å². The molecule has 0 aliphatic heterocycles. The summed E-state index contributed by atoms with van der Waals surface area (Å²) in [4.78, 5) is 28.7. The van der Waals surface area contributed by atoms with Crippen LogP contribution in [0, 0.1) is 0 Å². The van der Waals surface area contributed by atoms with Crippen LogP contribution >= 0.6 is 15.9 Å². The summed E-state index contributed by atoms with van der Waals surface area (Å²) in [5, 5.41) is 9.00. The maximum absolute atomic E-state index is 12.1. The number of hydrogen-bond donors (Lipinski definition) is 3. The molecule has 26 heavy (non-hydrogen) atoms. The van der Waals surface area contributed by atoms with E-state index in [1.165, 1.54) is 6.20 Å². The van der Waals surface area contributed by atoms with E-state index in [-0.39, 0.29) is 5.91 Å². The fourth-order valence-electron chi connectivity index (χ4n) is 2.03. The third-order valence-corrected chi connectivity index (χ3v) is 3.75. The van der Waals surface area contributed by atoms with Crippen molar-refractivity contribution in [3.05, 3.63) is 65.3 Å². The Kier molecular flexibility index (Phi) is 6.05. The van der Waals surface area contributed by atoms with Gasteiger partial charge in [-0.2, -0.15) is 0 Å². The van der Waals surface area contributed by atoms with E-state index in [2.05, 4.69) is 51.8 Å². The normalized spacial score (nSPS) is 10.2. The van der Waals surface area contributed by atoms with Crippen LogP contribution in [0.3, 0.4) is 0 Å². The Morgan fingerprint density at radius 2 is 1.73 bits per heavy atom. The zero-order valence-corrected chi connectivity index (χ0v) is 15.3. The van der Waals surface area contributed by atoms with Gasteiger partial charge in [-0.1, -0.05) is 6.07 Å². The number of amides is 1. The first-order valence-electron chi connectivity index (χ1n) is 7.84. The fraction of sp³-hybridized carbons (Fsp3) is 0.118. The van der Waals surface area contributed by atoms with Crippen LogP contribution in [0.1, 0.15) is 10.4 Å². The second-order valence-corrected chi connectivity index (χ2v) is 6.00. The van der Waals surface area contributed by atoms with Gasteiger partial charge < -0.3 is 16.0 Å². The highest BCUT2D eigenvalue weighted by Crippen LogP contribution is 2.10. The minimum absolute atomic E-state index is 0.270. The lowest BCUT2D eigenvalue weighted by Crippen LogP contribution is -2.16. The highest BCUT2D eigenvalue weighted by atomic mass is 79.9. The van der Waals surface area contributed by atoms with Crippen molar-refractivity contribution in [1.29, 1.82) is 0 Å². The predicted molar refractivity (Wildman–Crippen MR) is 103 cm³/mol. The van der Waals surface area contributed by atoms with E-state index in [1.54, 1.807) is 30.7 Å². The molecule has 0 saturated heterocycles. The summed E-state index contributed by atoms with van der Waals surface area (Å²) in [6.45, 7) is 1.31. The molecule has 0 aliphatic carbocycles. The summed E-state index contributed by atoms with van der Waals surface area (Å²) in [7, 11) is 0. The molecular weight excluding hydrogens is 398 g/mol. The zero-order valence-electron chi connectivity index (χ0n) is 13.7. The van der Waals surface area contributed by atoms with E-state index in [1.807, 2.05) is 18.2 Å². The van der Waals surface area contributed by atoms with E-state index in [0.717, 1.165) is 5.82 Å². The van der Waals surface area contributed by atoms with Gasteiger partial charge >= 0.3 is 0 Å². The van der Waals surface area contributed by atoms with E-state index in [4.69, 9.17) is 0 Å². The van der Waals surface area contributed by atoms with Gasteiger partial charge in [0.2, 0.25) is 5.95 Å². The largest absolute Gasteiger partial charge is 0.368 e. The number of pyridine rings is 2. The van der Waals surface area contributed by atoms with Crippen LogP contribution in [0.15, 0.2) is 59.7 Å². The molecule has 3 aromatic rings. The first kappa shape index (κ1) is 17.7. The van der Waals surface area contributed by atoms with Crippen LogP contribution in [0.2, 0.25) is 0 Å². The molecule has 0 aromatic carbocycles. The summed E-state index contributed by atoms with van der Waals surface area (Å²) >= 11 is 3.23. The van der Waals surface area contributed by atoms with E-state index >= 15 is 0 Å². The smallest absolute Gasteiger partial charge is 0.257 e. The summed E-state index contributed by atoms with van der Waals surface area (Å²) in [6, 6.07) is 9.07. The minimum Gasteiger partial charge on any atom is -0.368 e. The monoisotopic (exact) mass is 413 g/mol. The fourth-order valence-corrected chi connectivity index (χ4v) is 2.26. The number of anilines is 3. The van der Waals surface area contributed by atoms with E-state index < -0.39 is 0 Å². The van der Waals surface area contributed by atoms with Crippen LogP contribution in [-0.2, 0) is 0 Å². The van der Waals surface area contributed by atoms with Gasteiger partial charge in [0.1, 0.15) is 10.4 Å². The average molecular weight is 414 g/mol. The van der Waals surface area contributed by atoms with Gasteiger partial charge in [0.15, 0.2) is 0 Å². The third-order valence-electron chi connectivity index (χ3n) is 3.28. The SMILES string of the molecule is O=C(Nc1cnc(NCCNc2ccccn2)nc1)c1ccc(Br)nc1. The molecule has 0 aliphatic rings. The van der Waals surface area contributed by atoms with Crippen molar-refractivity contribution in [2.75, 3.05) is 29.0 Å². The lowest BCUT2D eigenvalue weighted by atomic mass is 10.2. The number of nitrogens with zero attached hydrogens (tertiary/aromatic N) is 4. The van der Waals surface area contributed by atoms with Crippen molar-refractivity contribution in [3.8, 4) is 0 Å². The van der Waals surface area contributed by atoms with Crippen molar-refractivity contribution < 1.29 is 4.79 Å². The van der Waals surface area contributed by atoms with Gasteiger partial charge in [0.05, 0.1) is 23.6 Å². The number of halogens is 1. The average Bonchev–Trinajstić information content (AvgIpc) is 2.68. The molecule has 0 unspecified atom stereocenters. The lowest BCUT2D eigenvalue weighted by molar-refractivity contribution is 0.102. The van der Waals surface area contributed by atoms with Gasteiger partial charge in [-0.05, 0) is 40.2 Å². The Bertz CT molecular complexity index is 841. The molecule has 3 heterocycles. The Balaban J connectivity index is 1.45. The zero-order chi connectivity index (χ0) is 18.2. The van der Waals surface area contributed by atoms with Crippen molar-refractivity contribution in [3.63, 3.8) is 0 Å². The molecule has 3 aromatic heterocycles. The lowest BCUT2D eigenvalue weighted by Gasteiger charge is -2.08. The van der Waals surface area contributed by atoms with Crippen molar-refractivity contribution in [1.82, 2.24) is 19.9 Å². The summed E-state index contributed by atoms with van der Waals surface area (Å²) in [5.41, 5.74) is 0.964. The second-order valence-electron chi connectivity index (χ2n) is 5.19. The van der Waals surface area contributed by atoms with Crippen LogP contribution in [-0.4, -0.2) is 38.9 Å². The molecule has 0 fully saturated rings. The van der Waals surface area contributed by atoms with Gasteiger partial charge in [0.25, 0.3) is 5.91 Å². The summed E-state index contributed by atoms with van der Waals surface area (Å²) in [5.74, 6) is 1.03. The van der Waals surface area contributed by atoms with Gasteiger partial charge in [-0.3, -0.25) is 4.79 Å². The number of carbonyl (C=O) groups is 1. The highest BCUT2D eigenvalue weighted by molar-refractivity contribution is 9.10. The van der Waals surface area contributed by atoms with Crippen molar-refractivity contribution in [2.24, 2.45) is 0 Å². The van der Waals surface area contributed by atoms with Gasteiger partial charge in [0, 0.05) is 25.5 Å². The molecule has 8 nitrogen and oxygen atoms in total. The first-order valence-corrected chi connectivity index (χ1v) is 8.64. The third kappa shape index (κ3) is 5.21. The topological polar surface area (TPSA) is 105 Å². The molecule has 9 heteroatoms. The molecule has 3 rings (SSSR count). The predicted octanol–water partition coefficient (Wildman–Crippen LogP) is 2.81. The highest BCUT2D eigenvalue weighted by Gasteiger charge is 2.07. The molecule has 0 spiro atoms. The standard InChI is InChI=1S/C17H16BrN7O/c18-14-5-4-12(9-22-14)16(26)25-13-10-23-17(24-11-13)21-8-7-20-15-3-1-2-6-19-15/h1-6,9-11H,7-8H2,(H,19,20)(H,25,26)(H,21,23,24). The maximum Gasteiger partial charge on any atom is 0.257 e. The Morgan fingerprint density at radius 1 is 0.923 bits per heavy atom. The molecule has 0 radical (unpaired) electrons. The Labute approximate surface area is 158 Å². The summed E-state index contributed by atoms with van der Waals surface area (Å²) < 4.78 is 0.672. The first-order chi connectivity index (χ1) is 12.7. The van der Waals surface area contributed by atoms with Gasteiger partial charge in [-0.25, -0.2) is 19.9 Å². The molecule has 0 saturated carbocycles. The second kappa shape index (κ2) is 8.86. The number of carbonyl (C=O) groups excluding carboxylic acids is 1. The summed E-state index contributed by atoms with van der Waals surface area (Å²) in [6.07, 6.45) is 6.32. The number of hydrogen-bond acceptors (Lipinski definition) is 7.